The number of carboxylic acid groups (broad SMARTS) is 1. The second kappa shape index (κ2) is 6.37. The van der Waals surface area contributed by atoms with Crippen molar-refractivity contribution in [2.45, 2.75) is 6.92 Å². The summed E-state index contributed by atoms with van der Waals surface area (Å²) >= 11 is 0. The molecule has 0 aromatic heterocycles. The van der Waals surface area contributed by atoms with Gasteiger partial charge in [0.2, 0.25) is 0 Å². The minimum Gasteiger partial charge on any atom is -0.482 e. The van der Waals surface area contributed by atoms with E-state index in [1.165, 1.54) is 6.20 Å². The minimum atomic E-state index is -0.997. The maximum Gasteiger partial charge on any atom is 0.341 e. The second-order valence-electron chi connectivity index (χ2n) is 3.31. The number of carboxylic acids is 1. The van der Waals surface area contributed by atoms with E-state index in [1.54, 1.807) is 24.3 Å². The highest BCUT2D eigenvalue weighted by atomic mass is 16.5. The van der Waals surface area contributed by atoms with Crippen molar-refractivity contribution in [2.24, 2.45) is 5.73 Å². The van der Waals surface area contributed by atoms with E-state index < -0.39 is 5.97 Å². The van der Waals surface area contributed by atoms with E-state index in [1.807, 2.05) is 19.1 Å². The van der Waals surface area contributed by atoms with Crippen LogP contribution in [0.15, 0.2) is 42.6 Å². The maximum absolute atomic E-state index is 10.4. The van der Waals surface area contributed by atoms with E-state index in [0.29, 0.717) is 5.75 Å². The van der Waals surface area contributed by atoms with Gasteiger partial charge in [0.05, 0.1) is 0 Å². The van der Waals surface area contributed by atoms with Gasteiger partial charge in [-0.15, -0.1) is 0 Å². The number of aliphatic carboxylic acids is 1. The van der Waals surface area contributed by atoms with E-state index in [2.05, 4.69) is 0 Å². The van der Waals surface area contributed by atoms with Gasteiger partial charge in [-0.1, -0.05) is 18.2 Å². The van der Waals surface area contributed by atoms with Gasteiger partial charge in [0, 0.05) is 0 Å². The topological polar surface area (TPSA) is 72.5 Å². The minimum absolute atomic E-state index is 0.346. The predicted octanol–water partition coefficient (Wildman–Crippen LogP) is 2.03. The van der Waals surface area contributed by atoms with E-state index >= 15 is 0 Å². The van der Waals surface area contributed by atoms with Crippen molar-refractivity contribution in [3.63, 3.8) is 0 Å². The first-order chi connectivity index (χ1) is 8.17. The van der Waals surface area contributed by atoms with Gasteiger partial charge in [-0.25, -0.2) is 4.79 Å². The molecule has 0 bridgehead atoms. The molecule has 90 valence electrons. The van der Waals surface area contributed by atoms with Crippen LogP contribution in [0, 0.1) is 0 Å². The molecule has 0 heterocycles. The number of rotatable bonds is 5. The Hall–Kier alpha value is -2.23. The molecule has 0 fully saturated rings. The number of nitrogens with two attached hydrogens (primary N) is 1. The molecule has 1 aromatic carbocycles. The lowest BCUT2D eigenvalue weighted by atomic mass is 10.1. The number of carbonyl (C=O) groups is 1. The summed E-state index contributed by atoms with van der Waals surface area (Å²) in [4.78, 5) is 10.4. The van der Waals surface area contributed by atoms with E-state index in [4.69, 9.17) is 15.6 Å². The Morgan fingerprint density at radius 1 is 1.53 bits per heavy atom. The summed E-state index contributed by atoms with van der Waals surface area (Å²) in [7, 11) is 0. The van der Waals surface area contributed by atoms with Crippen LogP contribution in [0.25, 0.3) is 5.57 Å². The van der Waals surface area contributed by atoms with Gasteiger partial charge in [-0.05, 0) is 42.5 Å². The first-order valence-corrected chi connectivity index (χ1v) is 5.17. The average molecular weight is 233 g/mol. The highest BCUT2D eigenvalue weighted by Crippen LogP contribution is 2.21. The van der Waals surface area contributed by atoms with E-state index in [-0.39, 0.29) is 6.61 Å². The van der Waals surface area contributed by atoms with E-state index in [0.717, 1.165) is 11.1 Å². The molecule has 3 N–H and O–H groups in total. The highest BCUT2D eigenvalue weighted by Gasteiger charge is 2.02. The van der Waals surface area contributed by atoms with Crippen LogP contribution < -0.4 is 10.5 Å². The molecule has 1 aromatic rings. The Balaban J connectivity index is 2.88. The predicted molar refractivity (Wildman–Crippen MR) is 66.6 cm³/mol. The van der Waals surface area contributed by atoms with Crippen molar-refractivity contribution in [1.29, 1.82) is 0 Å². The Labute approximate surface area is 100 Å². The van der Waals surface area contributed by atoms with Gasteiger partial charge in [-0.3, -0.25) is 0 Å². The second-order valence-corrected chi connectivity index (χ2v) is 3.31. The summed E-state index contributed by atoms with van der Waals surface area (Å²) in [5.41, 5.74) is 7.23. The molecular formula is C13H15NO3. The van der Waals surface area contributed by atoms with Crippen LogP contribution in [0.1, 0.15) is 12.5 Å². The molecule has 0 amide bonds. The van der Waals surface area contributed by atoms with Gasteiger partial charge in [0.15, 0.2) is 6.61 Å². The molecule has 0 saturated carbocycles. The number of hydrogen-bond acceptors (Lipinski definition) is 3. The third-order valence-corrected chi connectivity index (χ3v) is 2.12. The van der Waals surface area contributed by atoms with Gasteiger partial charge < -0.3 is 15.6 Å². The first kappa shape index (κ1) is 12.8. The highest BCUT2D eigenvalue weighted by molar-refractivity contribution is 5.74. The standard InChI is InChI=1S/C13H15NO3/c1-2-10(6-7-14)11-4-3-5-12(8-11)17-9-13(15)16/h2-8H,9,14H2,1H3,(H,15,16)/b7-6-,10-2+. The van der Waals surface area contributed by atoms with Crippen molar-refractivity contribution < 1.29 is 14.6 Å². The fourth-order valence-corrected chi connectivity index (χ4v) is 1.37. The first-order valence-electron chi connectivity index (χ1n) is 5.17. The Morgan fingerprint density at radius 3 is 2.88 bits per heavy atom. The molecule has 0 atom stereocenters. The van der Waals surface area contributed by atoms with Crippen LogP contribution in [0.4, 0.5) is 0 Å². The third-order valence-electron chi connectivity index (χ3n) is 2.12. The van der Waals surface area contributed by atoms with Crippen LogP contribution in [0.3, 0.4) is 0 Å². The molecular weight excluding hydrogens is 218 g/mol. The van der Waals surface area contributed by atoms with E-state index in [9.17, 15) is 4.79 Å². The fourth-order valence-electron chi connectivity index (χ4n) is 1.37. The Morgan fingerprint density at radius 2 is 2.29 bits per heavy atom. The summed E-state index contributed by atoms with van der Waals surface area (Å²) in [6.07, 6.45) is 5.15. The fraction of sp³-hybridized carbons (Fsp3) is 0.154. The summed E-state index contributed by atoms with van der Waals surface area (Å²) in [5, 5.41) is 8.52. The molecule has 0 unspecified atom stereocenters. The Bertz CT molecular complexity index is 450. The lowest BCUT2D eigenvalue weighted by Crippen LogP contribution is -2.09. The zero-order valence-electron chi connectivity index (χ0n) is 9.59. The summed E-state index contributed by atoms with van der Waals surface area (Å²) in [6, 6.07) is 7.20. The molecule has 1 rings (SSSR count). The van der Waals surface area contributed by atoms with Gasteiger partial charge in [-0.2, -0.15) is 0 Å². The van der Waals surface area contributed by atoms with Crippen LogP contribution >= 0.6 is 0 Å². The number of allylic oxidation sites excluding steroid dienone is 3. The van der Waals surface area contributed by atoms with Crippen LogP contribution in [0.5, 0.6) is 5.75 Å². The third kappa shape index (κ3) is 4.03. The molecule has 0 radical (unpaired) electrons. The maximum atomic E-state index is 10.4. The molecule has 17 heavy (non-hydrogen) atoms. The van der Waals surface area contributed by atoms with Crippen molar-refractivity contribution in [3.05, 3.63) is 48.2 Å². The van der Waals surface area contributed by atoms with Crippen molar-refractivity contribution >= 4 is 11.5 Å². The van der Waals surface area contributed by atoms with Crippen LogP contribution in [-0.2, 0) is 4.79 Å². The zero-order valence-corrected chi connectivity index (χ0v) is 9.59. The molecule has 0 saturated heterocycles. The zero-order chi connectivity index (χ0) is 12.7. The molecule has 0 spiro atoms. The number of benzene rings is 1. The molecule has 0 aliphatic rings. The molecule has 0 aliphatic heterocycles. The number of ether oxygens (including phenoxy) is 1. The SMILES string of the molecule is C/C=C(\C=C/N)c1cccc(OCC(=O)O)c1. The summed E-state index contributed by atoms with van der Waals surface area (Å²) in [6.45, 7) is 1.56. The van der Waals surface area contributed by atoms with Crippen molar-refractivity contribution in [2.75, 3.05) is 6.61 Å². The molecule has 4 heteroatoms. The number of hydrogen-bond donors (Lipinski definition) is 2. The van der Waals surface area contributed by atoms with Gasteiger partial charge in [0.25, 0.3) is 0 Å². The van der Waals surface area contributed by atoms with Crippen molar-refractivity contribution in [3.8, 4) is 5.75 Å². The summed E-state index contributed by atoms with van der Waals surface area (Å²) in [5.74, 6) is -0.474. The smallest absolute Gasteiger partial charge is 0.341 e. The lowest BCUT2D eigenvalue weighted by molar-refractivity contribution is -0.139. The largest absolute Gasteiger partial charge is 0.482 e. The molecule has 0 aliphatic carbocycles. The quantitative estimate of drug-likeness (QED) is 0.763. The lowest BCUT2D eigenvalue weighted by Gasteiger charge is -2.06. The normalized spacial score (nSPS) is 11.7. The monoisotopic (exact) mass is 233 g/mol. The Kier molecular flexibility index (Phi) is 4.81. The van der Waals surface area contributed by atoms with Gasteiger partial charge in [0.1, 0.15) is 5.75 Å². The average Bonchev–Trinajstić information content (AvgIpc) is 2.34. The van der Waals surface area contributed by atoms with Crippen LogP contribution in [-0.4, -0.2) is 17.7 Å². The van der Waals surface area contributed by atoms with Gasteiger partial charge >= 0.3 is 5.97 Å². The summed E-state index contributed by atoms with van der Waals surface area (Å²) < 4.78 is 5.10. The van der Waals surface area contributed by atoms with Crippen LogP contribution in [0.2, 0.25) is 0 Å². The molecule has 4 nitrogen and oxygen atoms in total. The van der Waals surface area contributed by atoms with Crippen molar-refractivity contribution in [1.82, 2.24) is 0 Å².